The van der Waals surface area contributed by atoms with Gasteiger partial charge in [-0.3, -0.25) is 9.35 Å². The van der Waals surface area contributed by atoms with E-state index < -0.39 is 0 Å². The van der Waals surface area contributed by atoms with E-state index in [4.69, 9.17) is 0 Å². The van der Waals surface area contributed by atoms with Gasteiger partial charge in [-0.1, -0.05) is 26.2 Å². The highest BCUT2D eigenvalue weighted by Gasteiger charge is 2.14. The van der Waals surface area contributed by atoms with Crippen molar-refractivity contribution in [1.82, 2.24) is 9.35 Å². The van der Waals surface area contributed by atoms with Crippen LogP contribution < -0.4 is 0 Å². The number of nitrogens with zero attached hydrogens (tertiary/aromatic N) is 2. The average Bonchev–Trinajstić information content (AvgIpc) is 1.84. The maximum absolute atomic E-state index is 2.39. The van der Waals surface area contributed by atoms with Crippen LogP contribution in [0.1, 0.15) is 0 Å². The molecule has 0 unspecified atom stereocenters. The zero-order chi connectivity index (χ0) is 8.31. The molecular formula is C6H18N2Si2. The van der Waals surface area contributed by atoms with Crippen molar-refractivity contribution in [3.05, 3.63) is 0 Å². The first-order valence-electron chi connectivity index (χ1n) is 3.54. The van der Waals surface area contributed by atoms with Crippen LogP contribution in [0.4, 0.5) is 0 Å². The van der Waals surface area contributed by atoms with Gasteiger partial charge >= 0.3 is 0 Å². The SMILES string of the molecule is CN(N(C)[Si](C)C)[Si](C)C. The fourth-order valence-electron chi connectivity index (χ4n) is 0.600. The second kappa shape index (κ2) is 4.28. The van der Waals surface area contributed by atoms with Crippen LogP contribution in [0.5, 0.6) is 0 Å². The molecule has 0 aliphatic carbocycles. The summed E-state index contributed by atoms with van der Waals surface area (Å²) in [6.45, 7) is 9.25. The van der Waals surface area contributed by atoms with E-state index in [1.807, 2.05) is 0 Å². The van der Waals surface area contributed by atoms with Gasteiger partial charge in [0.15, 0.2) is 0 Å². The fraction of sp³-hybridized carbons (Fsp3) is 1.00. The maximum Gasteiger partial charge on any atom is 0.147 e. The maximum atomic E-state index is 2.39. The molecule has 0 saturated heterocycles. The highest BCUT2D eigenvalue weighted by atomic mass is 28.3. The molecule has 0 fully saturated rings. The summed E-state index contributed by atoms with van der Waals surface area (Å²) in [7, 11) is 3.83. The van der Waals surface area contributed by atoms with Gasteiger partial charge in [-0.25, -0.2) is 0 Å². The summed E-state index contributed by atoms with van der Waals surface area (Å²) in [5, 5.41) is 0. The Balaban J connectivity index is 3.81. The van der Waals surface area contributed by atoms with Crippen molar-refractivity contribution in [2.75, 3.05) is 14.1 Å². The topological polar surface area (TPSA) is 6.48 Å². The molecule has 0 rings (SSSR count). The van der Waals surface area contributed by atoms with Crippen LogP contribution in [0.25, 0.3) is 0 Å². The molecular weight excluding hydrogens is 156 g/mol. The standard InChI is InChI=1S/C6H18N2Si2/c1-7(9(3)4)8(2)10(5)6/h1-6H3. The second-order valence-corrected chi connectivity index (χ2v) is 8.02. The van der Waals surface area contributed by atoms with Gasteiger partial charge in [0, 0.05) is 0 Å². The van der Waals surface area contributed by atoms with Crippen LogP contribution in [-0.2, 0) is 0 Å². The van der Waals surface area contributed by atoms with E-state index in [1.165, 1.54) is 0 Å². The third-order valence-corrected chi connectivity index (χ3v) is 5.13. The predicted molar refractivity (Wildman–Crippen MR) is 50.5 cm³/mol. The van der Waals surface area contributed by atoms with Gasteiger partial charge in [-0.15, -0.1) is 0 Å². The average molecular weight is 174 g/mol. The van der Waals surface area contributed by atoms with Crippen molar-refractivity contribution in [2.45, 2.75) is 26.2 Å². The minimum absolute atomic E-state index is 0.271. The van der Waals surface area contributed by atoms with Crippen LogP contribution in [0, 0.1) is 0 Å². The van der Waals surface area contributed by atoms with Crippen molar-refractivity contribution in [2.24, 2.45) is 0 Å². The molecule has 2 nitrogen and oxygen atoms in total. The minimum Gasteiger partial charge on any atom is -0.275 e. The molecule has 0 atom stereocenters. The van der Waals surface area contributed by atoms with E-state index >= 15 is 0 Å². The smallest absolute Gasteiger partial charge is 0.147 e. The number of rotatable bonds is 3. The lowest BCUT2D eigenvalue weighted by molar-refractivity contribution is 0.231. The number of hydrogen-bond acceptors (Lipinski definition) is 2. The van der Waals surface area contributed by atoms with Gasteiger partial charge in [0.1, 0.15) is 17.9 Å². The van der Waals surface area contributed by atoms with Crippen LogP contribution in [0.3, 0.4) is 0 Å². The lowest BCUT2D eigenvalue weighted by Crippen LogP contribution is -2.49. The molecule has 60 valence electrons. The number of hydrazine groups is 1. The third-order valence-electron chi connectivity index (χ3n) is 1.74. The Morgan fingerprint density at radius 3 is 1.00 bits per heavy atom. The van der Waals surface area contributed by atoms with Gasteiger partial charge < -0.3 is 0 Å². The van der Waals surface area contributed by atoms with Crippen molar-refractivity contribution < 1.29 is 0 Å². The minimum atomic E-state index is -0.271. The van der Waals surface area contributed by atoms with E-state index in [-0.39, 0.29) is 17.9 Å². The summed E-state index contributed by atoms with van der Waals surface area (Å²) < 4.78 is 4.78. The molecule has 0 aromatic rings. The molecule has 10 heavy (non-hydrogen) atoms. The summed E-state index contributed by atoms with van der Waals surface area (Å²) in [5.41, 5.74) is 0. The van der Waals surface area contributed by atoms with E-state index in [0.29, 0.717) is 0 Å². The molecule has 2 radical (unpaired) electrons. The van der Waals surface area contributed by atoms with Gasteiger partial charge in [-0.05, 0) is 14.1 Å². The normalized spacial score (nSPS) is 12.6. The molecule has 0 N–H and O–H groups in total. The number of hydrogen-bond donors (Lipinski definition) is 0. The summed E-state index contributed by atoms with van der Waals surface area (Å²) in [5.74, 6) is 0. The van der Waals surface area contributed by atoms with Crippen LogP contribution >= 0.6 is 0 Å². The van der Waals surface area contributed by atoms with E-state index in [1.54, 1.807) is 0 Å². The van der Waals surface area contributed by atoms with Gasteiger partial charge in [0.05, 0.1) is 0 Å². The van der Waals surface area contributed by atoms with E-state index in [9.17, 15) is 0 Å². The molecule has 0 heterocycles. The second-order valence-electron chi connectivity index (χ2n) is 2.94. The van der Waals surface area contributed by atoms with E-state index in [2.05, 4.69) is 49.6 Å². The molecule has 4 heteroatoms. The molecule has 0 amide bonds. The summed E-state index contributed by atoms with van der Waals surface area (Å²) in [6, 6.07) is 0. The van der Waals surface area contributed by atoms with Gasteiger partial charge in [0.25, 0.3) is 0 Å². The van der Waals surface area contributed by atoms with Crippen molar-refractivity contribution in [1.29, 1.82) is 0 Å². The molecule has 0 aliphatic heterocycles. The Morgan fingerprint density at radius 1 is 0.700 bits per heavy atom. The first-order chi connectivity index (χ1) is 4.46. The molecule has 0 aromatic carbocycles. The van der Waals surface area contributed by atoms with Crippen LogP contribution in [0.15, 0.2) is 0 Å². The summed E-state index contributed by atoms with van der Waals surface area (Å²) in [6.07, 6.45) is 0. The molecule has 0 bridgehead atoms. The Hall–Kier alpha value is 0.354. The van der Waals surface area contributed by atoms with Gasteiger partial charge in [-0.2, -0.15) is 0 Å². The fourth-order valence-corrected chi connectivity index (χ4v) is 3.00. The molecule has 0 aromatic heterocycles. The van der Waals surface area contributed by atoms with E-state index in [0.717, 1.165) is 0 Å². The lowest BCUT2D eigenvalue weighted by atomic mass is 11.4. The molecule has 0 spiro atoms. The largest absolute Gasteiger partial charge is 0.275 e. The Morgan fingerprint density at radius 2 is 0.900 bits per heavy atom. The molecule has 0 aliphatic rings. The van der Waals surface area contributed by atoms with Crippen LogP contribution in [0.2, 0.25) is 26.2 Å². The Bertz CT molecular complexity index is 83.7. The predicted octanol–water partition coefficient (Wildman–Crippen LogP) is 1.27. The first-order valence-corrected chi connectivity index (χ1v) is 8.44. The Labute approximate surface area is 68.2 Å². The quantitative estimate of drug-likeness (QED) is 0.470. The molecule has 0 saturated carbocycles. The van der Waals surface area contributed by atoms with Crippen molar-refractivity contribution in [3.8, 4) is 0 Å². The monoisotopic (exact) mass is 174 g/mol. The summed E-state index contributed by atoms with van der Waals surface area (Å²) in [4.78, 5) is 0. The zero-order valence-electron chi connectivity index (χ0n) is 7.89. The lowest BCUT2D eigenvalue weighted by Gasteiger charge is -2.33. The van der Waals surface area contributed by atoms with Gasteiger partial charge in [0.2, 0.25) is 0 Å². The highest BCUT2D eigenvalue weighted by Crippen LogP contribution is 1.97. The highest BCUT2D eigenvalue weighted by molar-refractivity contribution is 6.56. The first kappa shape index (κ1) is 10.4. The van der Waals surface area contributed by atoms with Crippen molar-refractivity contribution in [3.63, 3.8) is 0 Å². The summed E-state index contributed by atoms with van der Waals surface area (Å²) >= 11 is 0. The zero-order valence-corrected chi connectivity index (χ0v) is 9.89. The van der Waals surface area contributed by atoms with Crippen LogP contribution in [-0.4, -0.2) is 41.4 Å². The Kier molecular flexibility index (Phi) is 4.43. The van der Waals surface area contributed by atoms with Crippen molar-refractivity contribution >= 4 is 17.9 Å². The third kappa shape index (κ3) is 2.96.